The molecule has 0 saturated heterocycles. The maximum atomic E-state index is 9.53. The van der Waals surface area contributed by atoms with E-state index in [-0.39, 0.29) is 12.6 Å². The number of aryl methyl sites for hydroxylation is 2. The molecule has 0 aliphatic rings. The molecule has 1 atom stereocenters. The number of aromatic nitrogens is 3. The lowest BCUT2D eigenvalue weighted by atomic mass is 10.0. The first-order chi connectivity index (χ1) is 12.4. The zero-order valence-electron chi connectivity index (χ0n) is 16.4. The molecule has 3 aromatic heterocycles. The van der Waals surface area contributed by atoms with Gasteiger partial charge in [0.05, 0.1) is 42.0 Å². The summed E-state index contributed by atoms with van der Waals surface area (Å²) in [7, 11) is 1.65. The van der Waals surface area contributed by atoms with Crippen molar-refractivity contribution in [2.45, 2.75) is 46.6 Å². The van der Waals surface area contributed by atoms with Crippen molar-refractivity contribution in [3.8, 4) is 17.1 Å². The molecule has 0 bridgehead atoms. The normalized spacial score (nSPS) is 12.8. The lowest BCUT2D eigenvalue weighted by Crippen LogP contribution is -2.08. The molecule has 0 radical (unpaired) electrons. The molecule has 0 aliphatic heterocycles. The van der Waals surface area contributed by atoms with Gasteiger partial charge in [0.15, 0.2) is 0 Å². The second kappa shape index (κ2) is 7.08. The van der Waals surface area contributed by atoms with E-state index >= 15 is 0 Å². The lowest BCUT2D eigenvalue weighted by molar-refractivity contribution is 0.241. The lowest BCUT2D eigenvalue weighted by Gasteiger charge is -2.15. The molecule has 1 N–H and O–H groups in total. The van der Waals surface area contributed by atoms with Gasteiger partial charge >= 0.3 is 0 Å². The molecule has 0 aliphatic carbocycles. The second-order valence-corrected chi connectivity index (χ2v) is 7.22. The third kappa shape index (κ3) is 3.07. The minimum atomic E-state index is 0.0137. The van der Waals surface area contributed by atoms with Crippen LogP contribution in [0.4, 0.5) is 0 Å². The van der Waals surface area contributed by atoms with Crippen molar-refractivity contribution in [1.82, 2.24) is 14.5 Å². The Morgan fingerprint density at radius 2 is 1.85 bits per heavy atom. The number of hydrogen-bond acceptors (Lipinski definition) is 4. The topological polar surface area (TPSA) is 60.2 Å². The van der Waals surface area contributed by atoms with Crippen LogP contribution in [0.1, 0.15) is 49.6 Å². The number of methoxy groups -OCH3 is 1. The maximum Gasteiger partial charge on any atom is 0.222 e. The highest BCUT2D eigenvalue weighted by Gasteiger charge is 2.18. The van der Waals surface area contributed by atoms with Crippen molar-refractivity contribution in [3.05, 3.63) is 41.2 Å². The number of rotatable bonds is 5. The van der Waals surface area contributed by atoms with Crippen LogP contribution in [-0.4, -0.2) is 33.4 Å². The summed E-state index contributed by atoms with van der Waals surface area (Å²) in [5.74, 6) is 0.942. The summed E-state index contributed by atoms with van der Waals surface area (Å²) < 4.78 is 7.65. The van der Waals surface area contributed by atoms with E-state index in [0.717, 1.165) is 39.1 Å². The molecule has 0 unspecified atom stereocenters. The molecule has 5 nitrogen and oxygen atoms in total. The predicted octanol–water partition coefficient (Wildman–Crippen LogP) is 4.40. The van der Waals surface area contributed by atoms with Crippen LogP contribution in [0.5, 0.6) is 5.88 Å². The number of nitrogens with zero attached hydrogens (tertiary/aromatic N) is 3. The Bertz CT molecular complexity index is 944. The van der Waals surface area contributed by atoms with Crippen LogP contribution in [0, 0.1) is 13.8 Å². The minimum Gasteiger partial charge on any atom is -0.480 e. The SMILES string of the molecule is COc1nc(C(C)C)ccc1-c1nc2c(C)cn([C@@H](C)CO)c2cc1C. The second-order valence-electron chi connectivity index (χ2n) is 7.22. The molecular formula is C21H27N3O2. The zero-order chi connectivity index (χ0) is 19.0. The summed E-state index contributed by atoms with van der Waals surface area (Å²) in [6, 6.07) is 6.23. The van der Waals surface area contributed by atoms with Gasteiger partial charge in [0.1, 0.15) is 0 Å². The van der Waals surface area contributed by atoms with Crippen LogP contribution in [-0.2, 0) is 0 Å². The average molecular weight is 353 g/mol. The molecular weight excluding hydrogens is 326 g/mol. The Kier molecular flexibility index (Phi) is 5.01. The average Bonchev–Trinajstić information content (AvgIpc) is 2.95. The van der Waals surface area contributed by atoms with Gasteiger partial charge in [0.25, 0.3) is 0 Å². The Balaban J connectivity index is 2.21. The minimum absolute atomic E-state index is 0.0137. The quantitative estimate of drug-likeness (QED) is 0.738. The Morgan fingerprint density at radius 1 is 1.12 bits per heavy atom. The number of aliphatic hydroxyl groups is 1. The monoisotopic (exact) mass is 353 g/mol. The van der Waals surface area contributed by atoms with Gasteiger partial charge in [-0.05, 0) is 56.0 Å². The standard InChI is InChI=1S/C21H27N3O2/c1-12(2)17-8-7-16(21(22-17)26-6)19-13(3)9-18-20(23-19)14(4)10-24(18)15(5)11-25/h7-10,12,15,25H,11H2,1-6H3/t15-/m0/s1. The fourth-order valence-electron chi connectivity index (χ4n) is 3.26. The summed E-state index contributed by atoms with van der Waals surface area (Å²) in [5.41, 5.74) is 6.92. The number of ether oxygens (including phenoxy) is 1. The smallest absolute Gasteiger partial charge is 0.222 e. The van der Waals surface area contributed by atoms with E-state index in [4.69, 9.17) is 9.72 Å². The van der Waals surface area contributed by atoms with E-state index in [9.17, 15) is 5.11 Å². The van der Waals surface area contributed by atoms with Crippen LogP contribution in [0.25, 0.3) is 22.3 Å². The van der Waals surface area contributed by atoms with E-state index in [1.54, 1.807) is 7.11 Å². The first-order valence-electron chi connectivity index (χ1n) is 9.02. The highest BCUT2D eigenvalue weighted by molar-refractivity contribution is 5.85. The molecule has 3 heterocycles. The summed E-state index contributed by atoms with van der Waals surface area (Å²) in [5, 5.41) is 9.53. The van der Waals surface area contributed by atoms with Crippen LogP contribution in [0.3, 0.4) is 0 Å². The fraction of sp³-hybridized carbons (Fsp3) is 0.429. The largest absolute Gasteiger partial charge is 0.480 e. The van der Waals surface area contributed by atoms with Crippen LogP contribution >= 0.6 is 0 Å². The Hall–Kier alpha value is -2.40. The van der Waals surface area contributed by atoms with Gasteiger partial charge in [-0.2, -0.15) is 0 Å². The number of aliphatic hydroxyl groups excluding tert-OH is 1. The summed E-state index contributed by atoms with van der Waals surface area (Å²) in [4.78, 5) is 9.60. The van der Waals surface area contributed by atoms with E-state index in [1.165, 1.54) is 0 Å². The number of fused-ring (bicyclic) bond motifs is 1. The molecule has 0 fully saturated rings. The summed E-state index contributed by atoms with van der Waals surface area (Å²) in [6.07, 6.45) is 2.05. The van der Waals surface area contributed by atoms with E-state index in [1.807, 2.05) is 32.9 Å². The third-order valence-corrected chi connectivity index (χ3v) is 4.84. The predicted molar refractivity (Wildman–Crippen MR) is 105 cm³/mol. The van der Waals surface area contributed by atoms with Gasteiger partial charge in [-0.25, -0.2) is 9.97 Å². The first kappa shape index (κ1) is 18.4. The molecule has 3 aromatic rings. The van der Waals surface area contributed by atoms with Gasteiger partial charge in [0, 0.05) is 11.9 Å². The zero-order valence-corrected chi connectivity index (χ0v) is 16.4. The molecule has 0 aromatic carbocycles. The van der Waals surface area contributed by atoms with Crippen molar-refractivity contribution in [2.24, 2.45) is 0 Å². The molecule has 5 heteroatoms. The van der Waals surface area contributed by atoms with Gasteiger partial charge in [-0.15, -0.1) is 0 Å². The van der Waals surface area contributed by atoms with Crippen molar-refractivity contribution in [2.75, 3.05) is 13.7 Å². The van der Waals surface area contributed by atoms with Crippen molar-refractivity contribution in [3.63, 3.8) is 0 Å². The highest BCUT2D eigenvalue weighted by Crippen LogP contribution is 2.34. The first-order valence-corrected chi connectivity index (χ1v) is 9.02. The molecule has 3 rings (SSSR count). The van der Waals surface area contributed by atoms with Gasteiger partial charge in [0.2, 0.25) is 5.88 Å². The maximum absolute atomic E-state index is 9.53. The Labute approximate surface area is 154 Å². The van der Waals surface area contributed by atoms with Crippen LogP contribution < -0.4 is 4.74 Å². The third-order valence-electron chi connectivity index (χ3n) is 4.84. The number of hydrogen-bond donors (Lipinski definition) is 1. The molecule has 0 amide bonds. The Morgan fingerprint density at radius 3 is 2.46 bits per heavy atom. The number of pyridine rings is 2. The van der Waals surface area contributed by atoms with Crippen LogP contribution in [0.15, 0.2) is 24.4 Å². The highest BCUT2D eigenvalue weighted by atomic mass is 16.5. The fourth-order valence-corrected chi connectivity index (χ4v) is 3.26. The van der Waals surface area contributed by atoms with Crippen molar-refractivity contribution in [1.29, 1.82) is 0 Å². The van der Waals surface area contributed by atoms with Gasteiger partial charge in [-0.3, -0.25) is 0 Å². The summed E-state index contributed by atoms with van der Waals surface area (Å²) >= 11 is 0. The molecule has 0 spiro atoms. The van der Waals surface area contributed by atoms with Gasteiger partial charge < -0.3 is 14.4 Å². The molecule has 26 heavy (non-hydrogen) atoms. The van der Waals surface area contributed by atoms with E-state index in [0.29, 0.717) is 11.8 Å². The van der Waals surface area contributed by atoms with Crippen molar-refractivity contribution >= 4 is 11.0 Å². The van der Waals surface area contributed by atoms with Gasteiger partial charge in [-0.1, -0.05) is 13.8 Å². The van der Waals surface area contributed by atoms with E-state index in [2.05, 4.69) is 35.7 Å². The van der Waals surface area contributed by atoms with Crippen LogP contribution in [0.2, 0.25) is 0 Å². The van der Waals surface area contributed by atoms with E-state index < -0.39 is 0 Å². The van der Waals surface area contributed by atoms with Crippen molar-refractivity contribution < 1.29 is 9.84 Å². The summed E-state index contributed by atoms with van der Waals surface area (Å²) in [6.45, 7) is 10.4. The molecule has 0 saturated carbocycles. The molecule has 138 valence electrons.